The average molecular weight is 564 g/mol. The highest BCUT2D eigenvalue weighted by Crippen LogP contribution is 2.32. The van der Waals surface area contributed by atoms with Crippen molar-refractivity contribution in [1.29, 1.82) is 0 Å². The number of fused-ring (bicyclic) bond motifs is 1. The zero-order valence-corrected chi connectivity index (χ0v) is 20.1. The lowest BCUT2D eigenvalue weighted by Crippen LogP contribution is -2.54. The van der Waals surface area contributed by atoms with Crippen LogP contribution in [0.5, 0.6) is 0 Å². The number of imide groups is 2. The minimum atomic E-state index is -5.08. The van der Waals surface area contributed by atoms with Gasteiger partial charge in [0.25, 0.3) is 11.8 Å². The van der Waals surface area contributed by atoms with E-state index in [-0.39, 0.29) is 41.8 Å². The standard InChI is InChI=1S/C22H18N4O7.C2HF3O2/c27-16-9-8-15(19(29)25-16)26-20(30)13-2-1-3-14(18(13)21(26)31)23-10-17(28)24-12-6-4-11(5-7-12)22(32)33;3-2(4,5)1(6)7/h1-7,15,23H,8-10H2,(H,24,28)(H,32,33)(H,25,27,29);(H,6,7). The van der Waals surface area contributed by atoms with Crippen LogP contribution < -0.4 is 16.0 Å². The first-order valence-electron chi connectivity index (χ1n) is 11.2. The molecule has 1 fully saturated rings. The van der Waals surface area contributed by atoms with Crippen molar-refractivity contribution >= 4 is 52.8 Å². The van der Waals surface area contributed by atoms with Crippen molar-refractivity contribution in [3.8, 4) is 0 Å². The second-order valence-electron chi connectivity index (χ2n) is 8.26. The number of amides is 5. The Labute approximate surface area is 221 Å². The van der Waals surface area contributed by atoms with Gasteiger partial charge in [0.1, 0.15) is 6.04 Å². The second-order valence-corrected chi connectivity index (χ2v) is 8.26. The molecule has 0 spiro atoms. The number of alkyl halides is 3. The van der Waals surface area contributed by atoms with E-state index in [1.165, 1.54) is 36.4 Å². The van der Waals surface area contributed by atoms with Crippen LogP contribution in [0.2, 0.25) is 0 Å². The molecule has 1 atom stereocenters. The van der Waals surface area contributed by atoms with E-state index >= 15 is 0 Å². The maximum Gasteiger partial charge on any atom is 0.490 e. The first-order chi connectivity index (χ1) is 18.7. The number of aromatic carboxylic acids is 1. The van der Waals surface area contributed by atoms with Crippen molar-refractivity contribution in [2.24, 2.45) is 0 Å². The summed E-state index contributed by atoms with van der Waals surface area (Å²) in [6.45, 7) is -0.239. The van der Waals surface area contributed by atoms with Crippen LogP contribution in [-0.4, -0.2) is 75.4 Å². The highest BCUT2D eigenvalue weighted by molar-refractivity contribution is 6.25. The normalized spacial score (nSPS) is 16.4. The van der Waals surface area contributed by atoms with Crippen LogP contribution in [0.1, 0.15) is 43.9 Å². The molecule has 16 heteroatoms. The van der Waals surface area contributed by atoms with E-state index in [1.54, 1.807) is 6.07 Å². The fourth-order valence-corrected chi connectivity index (χ4v) is 3.74. The molecule has 0 aliphatic carbocycles. The fourth-order valence-electron chi connectivity index (χ4n) is 3.74. The van der Waals surface area contributed by atoms with Gasteiger partial charge in [0.2, 0.25) is 17.7 Å². The first-order valence-corrected chi connectivity index (χ1v) is 11.2. The molecule has 2 heterocycles. The summed E-state index contributed by atoms with van der Waals surface area (Å²) in [4.78, 5) is 82.4. The molecule has 2 aliphatic rings. The number of hydrogen-bond acceptors (Lipinski definition) is 8. The van der Waals surface area contributed by atoms with E-state index in [0.717, 1.165) is 4.90 Å². The fraction of sp³-hybridized carbons (Fsp3) is 0.208. The Balaban J connectivity index is 0.000000559. The van der Waals surface area contributed by atoms with Gasteiger partial charge in [-0.15, -0.1) is 0 Å². The summed E-state index contributed by atoms with van der Waals surface area (Å²) in [5.41, 5.74) is 0.859. The van der Waals surface area contributed by atoms with Crippen LogP contribution >= 0.6 is 0 Å². The van der Waals surface area contributed by atoms with Crippen LogP contribution in [0.4, 0.5) is 24.5 Å². The number of hydrogen-bond donors (Lipinski definition) is 5. The number of carbonyl (C=O) groups excluding carboxylic acids is 5. The van der Waals surface area contributed by atoms with Crippen molar-refractivity contribution in [2.75, 3.05) is 17.2 Å². The predicted molar refractivity (Wildman–Crippen MR) is 127 cm³/mol. The molecular formula is C24H19F3N4O9. The SMILES string of the molecule is O=C(O)C(F)(F)F.O=C1CCC(N2C(=O)c3cccc(NCC(=O)Nc4ccc(C(=O)O)cc4)c3C2=O)C(=O)N1. The quantitative estimate of drug-likeness (QED) is 0.320. The van der Waals surface area contributed by atoms with Crippen LogP contribution in [-0.2, 0) is 19.2 Å². The summed E-state index contributed by atoms with van der Waals surface area (Å²) < 4.78 is 31.7. The van der Waals surface area contributed by atoms with Crippen molar-refractivity contribution in [3.05, 3.63) is 59.2 Å². The Kier molecular flexibility index (Phi) is 8.51. The number of rotatable bonds is 6. The summed E-state index contributed by atoms with van der Waals surface area (Å²) in [5, 5.41) is 23.6. The molecule has 1 unspecified atom stereocenters. The van der Waals surface area contributed by atoms with Gasteiger partial charge in [0.05, 0.1) is 23.2 Å². The average Bonchev–Trinajstić information content (AvgIpc) is 3.13. The van der Waals surface area contributed by atoms with Gasteiger partial charge in [-0.05, 0) is 42.8 Å². The zero-order valence-electron chi connectivity index (χ0n) is 20.1. The van der Waals surface area contributed by atoms with Crippen molar-refractivity contribution in [1.82, 2.24) is 10.2 Å². The molecule has 40 heavy (non-hydrogen) atoms. The summed E-state index contributed by atoms with van der Waals surface area (Å²) in [6.07, 6.45) is -5.02. The number of halogens is 3. The van der Waals surface area contributed by atoms with E-state index in [9.17, 15) is 41.9 Å². The lowest BCUT2D eigenvalue weighted by Gasteiger charge is -2.27. The minimum Gasteiger partial charge on any atom is -0.478 e. The molecule has 210 valence electrons. The number of aliphatic carboxylic acids is 1. The van der Waals surface area contributed by atoms with Gasteiger partial charge in [0.15, 0.2) is 0 Å². The monoisotopic (exact) mass is 564 g/mol. The molecule has 13 nitrogen and oxygen atoms in total. The third kappa shape index (κ3) is 6.58. The van der Waals surface area contributed by atoms with Gasteiger partial charge in [-0.2, -0.15) is 13.2 Å². The molecule has 2 aromatic carbocycles. The summed E-state index contributed by atoms with van der Waals surface area (Å²) in [7, 11) is 0. The van der Waals surface area contributed by atoms with Gasteiger partial charge >= 0.3 is 18.1 Å². The molecule has 0 radical (unpaired) electrons. The molecule has 4 rings (SSSR count). The highest BCUT2D eigenvalue weighted by Gasteiger charge is 2.45. The Morgan fingerprint density at radius 1 is 0.975 bits per heavy atom. The molecule has 5 N–H and O–H groups in total. The Morgan fingerprint density at radius 3 is 2.15 bits per heavy atom. The van der Waals surface area contributed by atoms with E-state index in [4.69, 9.17) is 15.0 Å². The summed E-state index contributed by atoms with van der Waals surface area (Å²) >= 11 is 0. The highest BCUT2D eigenvalue weighted by atomic mass is 19.4. The molecule has 1 saturated heterocycles. The number of carbonyl (C=O) groups is 7. The summed E-state index contributed by atoms with van der Waals surface area (Å²) in [6, 6.07) is 9.04. The van der Waals surface area contributed by atoms with Crippen LogP contribution in [0, 0.1) is 0 Å². The first kappa shape index (κ1) is 29.3. The maximum absolute atomic E-state index is 13.0. The molecule has 5 amide bonds. The number of carboxylic acids is 2. The van der Waals surface area contributed by atoms with Crippen molar-refractivity contribution < 1.29 is 56.9 Å². The van der Waals surface area contributed by atoms with Gasteiger partial charge < -0.3 is 20.8 Å². The largest absolute Gasteiger partial charge is 0.490 e. The third-order valence-electron chi connectivity index (χ3n) is 5.57. The number of nitrogens with zero attached hydrogens (tertiary/aromatic N) is 1. The number of benzene rings is 2. The van der Waals surface area contributed by atoms with E-state index in [1.807, 2.05) is 0 Å². The zero-order chi connectivity index (χ0) is 29.8. The van der Waals surface area contributed by atoms with E-state index in [0.29, 0.717) is 5.69 Å². The number of anilines is 2. The number of piperidine rings is 1. The van der Waals surface area contributed by atoms with Crippen molar-refractivity contribution in [2.45, 2.75) is 25.1 Å². The number of carboxylic acid groups (broad SMARTS) is 2. The van der Waals surface area contributed by atoms with E-state index in [2.05, 4.69) is 16.0 Å². The lowest BCUT2D eigenvalue weighted by molar-refractivity contribution is -0.192. The van der Waals surface area contributed by atoms with Gasteiger partial charge in [0, 0.05) is 17.8 Å². The molecule has 2 aliphatic heterocycles. The van der Waals surface area contributed by atoms with Gasteiger partial charge in [-0.3, -0.25) is 34.2 Å². The Bertz CT molecular complexity index is 1410. The molecular weight excluding hydrogens is 545 g/mol. The predicted octanol–water partition coefficient (Wildman–Crippen LogP) is 1.47. The van der Waals surface area contributed by atoms with Crippen molar-refractivity contribution in [3.63, 3.8) is 0 Å². The molecule has 2 aromatic rings. The third-order valence-corrected chi connectivity index (χ3v) is 5.57. The molecule has 0 bridgehead atoms. The number of nitrogens with one attached hydrogen (secondary N) is 3. The molecule has 0 aromatic heterocycles. The Morgan fingerprint density at radius 2 is 1.60 bits per heavy atom. The smallest absolute Gasteiger partial charge is 0.478 e. The Hall–Kier alpha value is -5.28. The second kappa shape index (κ2) is 11.6. The minimum absolute atomic E-state index is 0.0164. The summed E-state index contributed by atoms with van der Waals surface area (Å²) in [5.74, 6) is -6.80. The van der Waals surface area contributed by atoms with Crippen LogP contribution in [0.25, 0.3) is 0 Å². The van der Waals surface area contributed by atoms with E-state index < -0.39 is 53.7 Å². The lowest BCUT2D eigenvalue weighted by atomic mass is 10.0. The van der Waals surface area contributed by atoms with Gasteiger partial charge in [-0.1, -0.05) is 6.07 Å². The van der Waals surface area contributed by atoms with Crippen LogP contribution in [0.3, 0.4) is 0 Å². The maximum atomic E-state index is 13.0. The van der Waals surface area contributed by atoms with Gasteiger partial charge in [-0.25, -0.2) is 9.59 Å². The molecule has 0 saturated carbocycles. The topological polar surface area (TPSA) is 199 Å². The van der Waals surface area contributed by atoms with Crippen LogP contribution in [0.15, 0.2) is 42.5 Å².